The zero-order valence-electron chi connectivity index (χ0n) is 7.53. The van der Waals surface area contributed by atoms with Crippen LogP contribution in [0.1, 0.15) is 32.1 Å². The van der Waals surface area contributed by atoms with Crippen molar-refractivity contribution in [3.8, 4) is 12.3 Å². The molecule has 0 amide bonds. The molecule has 2 unspecified atom stereocenters. The van der Waals surface area contributed by atoms with E-state index in [-0.39, 0.29) is 12.0 Å². The summed E-state index contributed by atoms with van der Waals surface area (Å²) in [6, 6.07) is 0. The first-order valence-corrected chi connectivity index (χ1v) is 4.57. The molecular formula is C10H14O3. The second-order valence-electron chi connectivity index (χ2n) is 3.37. The minimum Gasteiger partial charge on any atom is -0.450 e. The summed E-state index contributed by atoms with van der Waals surface area (Å²) >= 11 is 0. The first-order chi connectivity index (χ1) is 6.24. The van der Waals surface area contributed by atoms with Crippen molar-refractivity contribution in [2.45, 2.75) is 38.2 Å². The summed E-state index contributed by atoms with van der Waals surface area (Å²) in [6.45, 7) is 0. The summed E-state index contributed by atoms with van der Waals surface area (Å²) in [4.78, 5) is 10.3. The number of carbonyl (C=O) groups is 1. The molecule has 1 N–H and O–H groups in total. The molecule has 1 saturated carbocycles. The molecule has 2 atom stereocenters. The monoisotopic (exact) mass is 182 g/mol. The highest BCUT2D eigenvalue weighted by Gasteiger charge is 2.27. The van der Waals surface area contributed by atoms with Crippen molar-refractivity contribution in [1.29, 1.82) is 0 Å². The Hall–Kier alpha value is -1.17. The third kappa shape index (κ3) is 2.98. The van der Waals surface area contributed by atoms with Crippen LogP contribution < -0.4 is 0 Å². The van der Waals surface area contributed by atoms with Crippen LogP contribution in [0.25, 0.3) is 0 Å². The number of hydrogen-bond donors (Lipinski definition) is 1. The van der Waals surface area contributed by atoms with Gasteiger partial charge in [0, 0.05) is 12.3 Å². The summed E-state index contributed by atoms with van der Waals surface area (Å²) in [5.74, 6) is 2.80. The van der Waals surface area contributed by atoms with E-state index in [1.165, 1.54) is 0 Å². The molecule has 1 rings (SSSR count). The van der Waals surface area contributed by atoms with E-state index in [4.69, 9.17) is 16.3 Å². The smallest absolute Gasteiger partial charge is 0.450 e. The topological polar surface area (TPSA) is 46.5 Å². The Bertz CT molecular complexity index is 217. The van der Waals surface area contributed by atoms with Gasteiger partial charge in [-0.2, -0.15) is 0 Å². The lowest BCUT2D eigenvalue weighted by atomic mass is 9.84. The molecule has 0 aromatic carbocycles. The summed E-state index contributed by atoms with van der Waals surface area (Å²) in [5.41, 5.74) is 0. The molecule has 0 aromatic heterocycles. The van der Waals surface area contributed by atoms with Crippen molar-refractivity contribution in [3.05, 3.63) is 0 Å². The molecule has 13 heavy (non-hydrogen) atoms. The van der Waals surface area contributed by atoms with Crippen molar-refractivity contribution in [2.75, 3.05) is 0 Å². The quantitative estimate of drug-likeness (QED) is 0.526. The molecule has 72 valence electrons. The first-order valence-electron chi connectivity index (χ1n) is 4.57. The molecule has 3 heteroatoms. The van der Waals surface area contributed by atoms with Crippen LogP contribution in [0.3, 0.4) is 0 Å². The average molecular weight is 182 g/mol. The molecule has 1 aliphatic carbocycles. The van der Waals surface area contributed by atoms with E-state index in [0.29, 0.717) is 6.42 Å². The largest absolute Gasteiger partial charge is 0.506 e. The van der Waals surface area contributed by atoms with Gasteiger partial charge in [0.15, 0.2) is 0 Å². The van der Waals surface area contributed by atoms with Gasteiger partial charge >= 0.3 is 6.16 Å². The van der Waals surface area contributed by atoms with E-state index in [1.807, 2.05) is 0 Å². The van der Waals surface area contributed by atoms with Gasteiger partial charge in [0.2, 0.25) is 0 Å². The fourth-order valence-corrected chi connectivity index (χ4v) is 1.84. The summed E-state index contributed by atoms with van der Waals surface area (Å²) in [7, 11) is 0. The van der Waals surface area contributed by atoms with Gasteiger partial charge in [0.25, 0.3) is 0 Å². The van der Waals surface area contributed by atoms with Crippen LogP contribution in [0.2, 0.25) is 0 Å². The van der Waals surface area contributed by atoms with Gasteiger partial charge in [-0.05, 0) is 19.3 Å². The van der Waals surface area contributed by atoms with E-state index in [0.717, 1.165) is 25.7 Å². The molecule has 1 aliphatic rings. The molecule has 0 aromatic rings. The number of rotatable bonds is 2. The molecule has 0 saturated heterocycles. The van der Waals surface area contributed by atoms with Crippen LogP contribution in [0.15, 0.2) is 0 Å². The molecule has 3 nitrogen and oxygen atoms in total. The Balaban J connectivity index is 2.47. The van der Waals surface area contributed by atoms with E-state index in [9.17, 15) is 4.79 Å². The van der Waals surface area contributed by atoms with Gasteiger partial charge in [0.1, 0.15) is 6.10 Å². The fourth-order valence-electron chi connectivity index (χ4n) is 1.84. The zero-order chi connectivity index (χ0) is 9.68. The molecule has 0 spiro atoms. The Morgan fingerprint density at radius 1 is 1.54 bits per heavy atom. The van der Waals surface area contributed by atoms with Crippen LogP contribution >= 0.6 is 0 Å². The normalized spacial score (nSPS) is 27.6. The Kier molecular flexibility index (Phi) is 3.63. The van der Waals surface area contributed by atoms with Crippen molar-refractivity contribution < 1.29 is 14.6 Å². The molecule has 1 fully saturated rings. The molecule has 0 radical (unpaired) electrons. The van der Waals surface area contributed by atoms with E-state index >= 15 is 0 Å². The Labute approximate surface area is 78.1 Å². The maximum atomic E-state index is 10.3. The lowest BCUT2D eigenvalue weighted by Gasteiger charge is -2.28. The third-order valence-electron chi connectivity index (χ3n) is 2.47. The highest BCUT2D eigenvalue weighted by Crippen LogP contribution is 2.28. The standard InChI is InChI=1S/C10H14O3/c1-2-5-8-6-3-4-7-9(8)13-10(11)12/h1,8-9H,3-7H2,(H,11,12). The second-order valence-corrected chi connectivity index (χ2v) is 3.37. The highest BCUT2D eigenvalue weighted by molar-refractivity contribution is 5.57. The van der Waals surface area contributed by atoms with Crippen molar-refractivity contribution in [2.24, 2.45) is 5.92 Å². The average Bonchev–Trinajstić information content (AvgIpc) is 2.08. The van der Waals surface area contributed by atoms with E-state index in [2.05, 4.69) is 5.92 Å². The molecule has 0 bridgehead atoms. The van der Waals surface area contributed by atoms with Crippen LogP contribution in [-0.4, -0.2) is 17.4 Å². The van der Waals surface area contributed by atoms with Crippen LogP contribution in [0, 0.1) is 18.3 Å². The lowest BCUT2D eigenvalue weighted by molar-refractivity contribution is 0.00781. The SMILES string of the molecule is C#CCC1CCCCC1OC(=O)O. The predicted octanol–water partition coefficient (Wildman–Crippen LogP) is 2.26. The zero-order valence-corrected chi connectivity index (χ0v) is 7.53. The van der Waals surface area contributed by atoms with Crippen molar-refractivity contribution >= 4 is 6.16 Å². The number of hydrogen-bond acceptors (Lipinski definition) is 2. The summed E-state index contributed by atoms with van der Waals surface area (Å²) in [5, 5.41) is 8.48. The summed E-state index contributed by atoms with van der Waals surface area (Å²) < 4.78 is 4.78. The predicted molar refractivity (Wildman–Crippen MR) is 48.3 cm³/mol. The molecule has 0 heterocycles. The van der Waals surface area contributed by atoms with Gasteiger partial charge in [-0.1, -0.05) is 6.42 Å². The van der Waals surface area contributed by atoms with Crippen LogP contribution in [-0.2, 0) is 4.74 Å². The minimum absolute atomic E-state index is 0.178. The maximum Gasteiger partial charge on any atom is 0.506 e. The van der Waals surface area contributed by atoms with Crippen LogP contribution in [0.5, 0.6) is 0 Å². The van der Waals surface area contributed by atoms with Gasteiger partial charge in [0.05, 0.1) is 0 Å². The van der Waals surface area contributed by atoms with Crippen LogP contribution in [0.4, 0.5) is 4.79 Å². The maximum absolute atomic E-state index is 10.3. The fraction of sp³-hybridized carbons (Fsp3) is 0.700. The minimum atomic E-state index is -1.19. The van der Waals surface area contributed by atoms with Crippen molar-refractivity contribution in [3.63, 3.8) is 0 Å². The summed E-state index contributed by atoms with van der Waals surface area (Å²) in [6.07, 6.45) is 8.44. The van der Waals surface area contributed by atoms with Gasteiger partial charge in [-0.15, -0.1) is 12.3 Å². The number of carboxylic acid groups (broad SMARTS) is 1. The van der Waals surface area contributed by atoms with E-state index < -0.39 is 6.16 Å². The van der Waals surface area contributed by atoms with E-state index in [1.54, 1.807) is 0 Å². The molecule has 0 aliphatic heterocycles. The number of ether oxygens (including phenoxy) is 1. The van der Waals surface area contributed by atoms with Gasteiger partial charge in [-0.3, -0.25) is 0 Å². The highest BCUT2D eigenvalue weighted by atomic mass is 16.7. The number of terminal acetylenes is 1. The molecular weight excluding hydrogens is 168 g/mol. The second kappa shape index (κ2) is 4.76. The van der Waals surface area contributed by atoms with Gasteiger partial charge < -0.3 is 9.84 Å². The Morgan fingerprint density at radius 3 is 2.85 bits per heavy atom. The Morgan fingerprint density at radius 2 is 2.23 bits per heavy atom. The lowest BCUT2D eigenvalue weighted by Crippen LogP contribution is -2.29. The third-order valence-corrected chi connectivity index (χ3v) is 2.47. The van der Waals surface area contributed by atoms with Crippen molar-refractivity contribution in [1.82, 2.24) is 0 Å². The first kappa shape index (κ1) is 9.91. The van der Waals surface area contributed by atoms with Gasteiger partial charge in [-0.25, -0.2) is 4.79 Å².